The van der Waals surface area contributed by atoms with Crippen molar-refractivity contribution in [3.05, 3.63) is 24.3 Å². The van der Waals surface area contributed by atoms with Crippen molar-refractivity contribution in [2.24, 2.45) is 11.8 Å². The van der Waals surface area contributed by atoms with Gasteiger partial charge in [-0.15, -0.1) is 0 Å². The predicted molar refractivity (Wildman–Crippen MR) is 395 cm³/mol. The van der Waals surface area contributed by atoms with Crippen LogP contribution in [0.2, 0.25) is 0 Å². The predicted octanol–water partition coefficient (Wildman–Crippen LogP) is 22.7. The van der Waals surface area contributed by atoms with E-state index in [-0.39, 0.29) is 25.7 Å². The Hall–Kier alpha value is -2.46. The van der Waals surface area contributed by atoms with E-state index in [0.717, 1.165) is 127 Å². The molecule has 0 fully saturated rings. The number of unbranched alkanes of at least 4 members (excludes halogenated alkanes) is 41. The van der Waals surface area contributed by atoms with E-state index in [1.54, 1.807) is 0 Å². The molecule has 0 radical (unpaired) electrons. The highest BCUT2D eigenvalue weighted by Crippen LogP contribution is 2.45. The lowest BCUT2D eigenvalue weighted by Gasteiger charge is -2.21. The summed E-state index contributed by atoms with van der Waals surface area (Å²) in [5.41, 5.74) is 0. The Bertz CT molecular complexity index is 1970. The van der Waals surface area contributed by atoms with E-state index in [2.05, 4.69) is 65.8 Å². The van der Waals surface area contributed by atoms with Crippen molar-refractivity contribution in [1.29, 1.82) is 0 Å². The number of aliphatic hydroxyl groups excluding tert-OH is 1. The molecule has 19 heteroatoms. The molecule has 0 heterocycles. The summed E-state index contributed by atoms with van der Waals surface area (Å²) in [7, 11) is -9.92. The van der Waals surface area contributed by atoms with Gasteiger partial charge in [0.2, 0.25) is 0 Å². The first-order valence-corrected chi connectivity index (χ1v) is 42.8. The van der Waals surface area contributed by atoms with E-state index in [9.17, 15) is 43.2 Å². The fraction of sp³-hybridized carbons (Fsp3) is 0.897. The monoisotopic (exact) mass is 1420 g/mol. The number of allylic oxidation sites excluding steroid dienone is 4. The molecule has 0 saturated heterocycles. The van der Waals surface area contributed by atoms with Crippen molar-refractivity contribution in [3.8, 4) is 0 Å². The maximum absolute atomic E-state index is 13.1. The van der Waals surface area contributed by atoms with Crippen LogP contribution < -0.4 is 0 Å². The number of carbonyl (C=O) groups excluding carboxylic acids is 4. The number of phosphoric acid groups is 2. The third-order valence-electron chi connectivity index (χ3n) is 17.9. The first-order valence-electron chi connectivity index (χ1n) is 39.8. The second-order valence-electron chi connectivity index (χ2n) is 28.1. The van der Waals surface area contributed by atoms with Gasteiger partial charge in [0.1, 0.15) is 19.3 Å². The summed E-state index contributed by atoms with van der Waals surface area (Å²) in [6, 6.07) is 0. The molecule has 0 saturated carbocycles. The minimum Gasteiger partial charge on any atom is -0.462 e. The van der Waals surface area contributed by atoms with E-state index in [1.807, 2.05) is 0 Å². The van der Waals surface area contributed by atoms with Crippen LogP contribution in [0.1, 0.15) is 382 Å². The average Bonchev–Trinajstić information content (AvgIpc) is 1.22. The Morgan fingerprint density at radius 2 is 0.608 bits per heavy atom. The van der Waals surface area contributed by atoms with Crippen LogP contribution in [0, 0.1) is 11.8 Å². The molecule has 97 heavy (non-hydrogen) atoms. The third kappa shape index (κ3) is 70.4. The zero-order valence-corrected chi connectivity index (χ0v) is 64.7. The summed E-state index contributed by atoms with van der Waals surface area (Å²) < 4.78 is 68.4. The molecular weight excluding hydrogens is 1270 g/mol. The minimum atomic E-state index is -4.97. The molecule has 0 amide bonds. The van der Waals surface area contributed by atoms with Gasteiger partial charge in [0.25, 0.3) is 0 Å². The highest BCUT2D eigenvalue weighted by molar-refractivity contribution is 7.47. The maximum Gasteiger partial charge on any atom is 0.472 e. The van der Waals surface area contributed by atoms with Gasteiger partial charge in [-0.1, -0.05) is 329 Å². The first-order chi connectivity index (χ1) is 46.9. The summed E-state index contributed by atoms with van der Waals surface area (Å²) in [4.78, 5) is 72.7. The van der Waals surface area contributed by atoms with Gasteiger partial charge in [-0.05, 0) is 63.2 Å². The average molecular weight is 1420 g/mol. The van der Waals surface area contributed by atoms with Gasteiger partial charge in [-0.3, -0.25) is 37.3 Å². The summed E-state index contributed by atoms with van der Waals surface area (Å²) in [6.07, 6.45) is 60.6. The number of esters is 4. The molecule has 0 bridgehead atoms. The van der Waals surface area contributed by atoms with Crippen molar-refractivity contribution in [2.75, 3.05) is 39.6 Å². The topological polar surface area (TPSA) is 237 Å². The number of aliphatic hydroxyl groups is 1. The van der Waals surface area contributed by atoms with Crippen LogP contribution in [0.3, 0.4) is 0 Å². The van der Waals surface area contributed by atoms with E-state index in [0.29, 0.717) is 25.7 Å². The highest BCUT2D eigenvalue weighted by Gasteiger charge is 2.30. The largest absolute Gasteiger partial charge is 0.472 e. The van der Waals surface area contributed by atoms with Crippen molar-refractivity contribution in [3.63, 3.8) is 0 Å². The molecule has 0 aromatic rings. The fourth-order valence-electron chi connectivity index (χ4n) is 11.4. The van der Waals surface area contributed by atoms with Crippen LogP contribution in [0.15, 0.2) is 24.3 Å². The number of rotatable bonds is 75. The SMILES string of the molecule is CCCCCC/C=C\C=C/CCCCCCCC(=O)OC[C@H](COP(=O)(O)OC[C@@H](O)COP(=O)(O)OC[C@@H](COC(=O)CCCCCCCCCC)OC(=O)CCCCCCCCCCCC(C)C)OC(=O)CCCCCCCCCCCCCCCCCCCCC(C)CC. The Morgan fingerprint density at radius 3 is 0.928 bits per heavy atom. The summed E-state index contributed by atoms with van der Waals surface area (Å²) >= 11 is 0. The molecule has 0 spiro atoms. The summed E-state index contributed by atoms with van der Waals surface area (Å²) in [5.74, 6) is -0.543. The molecule has 3 unspecified atom stereocenters. The van der Waals surface area contributed by atoms with E-state index in [1.165, 1.54) is 173 Å². The zero-order valence-electron chi connectivity index (χ0n) is 62.9. The van der Waals surface area contributed by atoms with Gasteiger partial charge < -0.3 is 33.8 Å². The number of ether oxygens (including phenoxy) is 4. The fourth-order valence-corrected chi connectivity index (χ4v) is 13.0. The van der Waals surface area contributed by atoms with Crippen LogP contribution in [0.4, 0.5) is 0 Å². The highest BCUT2D eigenvalue weighted by atomic mass is 31.2. The Morgan fingerprint density at radius 1 is 0.340 bits per heavy atom. The lowest BCUT2D eigenvalue weighted by Crippen LogP contribution is -2.30. The Balaban J connectivity index is 5.21. The Kier molecular flexibility index (Phi) is 67.5. The quantitative estimate of drug-likeness (QED) is 0.0169. The number of hydrogen-bond donors (Lipinski definition) is 3. The van der Waals surface area contributed by atoms with Gasteiger partial charge >= 0.3 is 39.5 Å². The first kappa shape index (κ1) is 94.5. The zero-order chi connectivity index (χ0) is 71.4. The van der Waals surface area contributed by atoms with Crippen LogP contribution in [0.25, 0.3) is 0 Å². The molecule has 17 nitrogen and oxygen atoms in total. The van der Waals surface area contributed by atoms with Crippen molar-refractivity contribution in [1.82, 2.24) is 0 Å². The van der Waals surface area contributed by atoms with Crippen molar-refractivity contribution < 1.29 is 80.2 Å². The van der Waals surface area contributed by atoms with Crippen molar-refractivity contribution in [2.45, 2.75) is 400 Å². The Labute approximate surface area is 592 Å². The second-order valence-corrected chi connectivity index (χ2v) is 31.0. The molecule has 6 atom stereocenters. The van der Waals surface area contributed by atoms with Crippen LogP contribution in [-0.4, -0.2) is 96.7 Å². The van der Waals surface area contributed by atoms with Crippen LogP contribution in [0.5, 0.6) is 0 Å². The number of carbonyl (C=O) groups is 4. The lowest BCUT2D eigenvalue weighted by atomic mass is 9.99. The van der Waals surface area contributed by atoms with E-state index < -0.39 is 97.5 Å². The molecule has 0 aromatic heterocycles. The number of phosphoric ester groups is 2. The van der Waals surface area contributed by atoms with Crippen molar-refractivity contribution >= 4 is 39.5 Å². The standard InChI is InChI=1S/C78H148O17P2/c1-7-10-12-14-16-18-19-20-25-29-32-37-43-49-55-61-76(81)89-67-74(94-77(82)62-56-50-44-38-33-30-27-24-22-21-23-26-28-31-36-41-47-53-59-71(6)9-3)69-93-97(86,87)91-65-72(79)64-90-96(84,85)92-68-73(66-88-75(80)60-54-48-42-17-15-13-11-8-2)95-78(83)63-57-51-45-39-34-35-40-46-52-58-70(4)5/h18-20,25,70-74,79H,7-17,21-24,26-69H2,1-6H3,(H,84,85)(H,86,87)/b19-18-,25-20-/t71?,72-,73+,74+/m0/s1. The lowest BCUT2D eigenvalue weighted by molar-refractivity contribution is -0.161. The van der Waals surface area contributed by atoms with Crippen LogP contribution in [-0.2, 0) is 65.4 Å². The van der Waals surface area contributed by atoms with E-state index >= 15 is 0 Å². The molecule has 0 aliphatic heterocycles. The minimum absolute atomic E-state index is 0.101. The van der Waals surface area contributed by atoms with Crippen LogP contribution >= 0.6 is 15.6 Å². The van der Waals surface area contributed by atoms with Gasteiger partial charge in [0.15, 0.2) is 12.2 Å². The molecule has 0 aliphatic rings. The van der Waals surface area contributed by atoms with Gasteiger partial charge in [0.05, 0.1) is 26.4 Å². The summed E-state index contributed by atoms with van der Waals surface area (Å²) in [6.45, 7) is 9.55. The summed E-state index contributed by atoms with van der Waals surface area (Å²) in [5, 5.41) is 10.6. The van der Waals surface area contributed by atoms with Gasteiger partial charge in [-0.25, -0.2) is 9.13 Å². The smallest absolute Gasteiger partial charge is 0.462 e. The maximum atomic E-state index is 13.1. The molecule has 0 aromatic carbocycles. The third-order valence-corrected chi connectivity index (χ3v) is 19.8. The van der Waals surface area contributed by atoms with Gasteiger partial charge in [0, 0.05) is 25.7 Å². The molecule has 572 valence electrons. The molecule has 3 N–H and O–H groups in total. The number of hydrogen-bond acceptors (Lipinski definition) is 15. The molecular formula is C78H148O17P2. The van der Waals surface area contributed by atoms with Gasteiger partial charge in [-0.2, -0.15) is 0 Å². The second kappa shape index (κ2) is 69.3. The molecule has 0 rings (SSSR count). The normalized spacial score (nSPS) is 14.4. The molecule has 0 aliphatic carbocycles. The van der Waals surface area contributed by atoms with E-state index in [4.69, 9.17) is 37.0 Å².